The zero-order valence-electron chi connectivity index (χ0n) is 8.62. The third-order valence-electron chi connectivity index (χ3n) is 1.89. The van der Waals surface area contributed by atoms with Crippen molar-refractivity contribution in [2.24, 2.45) is 0 Å². The van der Waals surface area contributed by atoms with Gasteiger partial charge in [-0.15, -0.1) is 0 Å². The van der Waals surface area contributed by atoms with Crippen molar-refractivity contribution in [3.05, 3.63) is 33.8 Å². The minimum Gasteiger partial charge on any atom is -0.478 e. The molecule has 5 heteroatoms. The van der Waals surface area contributed by atoms with Crippen LogP contribution < -0.4 is 5.43 Å². The van der Waals surface area contributed by atoms with Crippen LogP contribution in [0.5, 0.6) is 0 Å². The molecule has 0 saturated heterocycles. The van der Waals surface area contributed by atoms with Crippen LogP contribution in [0.15, 0.2) is 22.7 Å². The van der Waals surface area contributed by atoms with Gasteiger partial charge in [-0.1, -0.05) is 22.0 Å². The van der Waals surface area contributed by atoms with E-state index in [1.165, 1.54) is 0 Å². The van der Waals surface area contributed by atoms with Gasteiger partial charge >= 0.3 is 5.97 Å². The summed E-state index contributed by atoms with van der Waals surface area (Å²) in [4.78, 5) is 10.7. The predicted octanol–water partition coefficient (Wildman–Crippen LogP) is 1.71. The standard InChI is InChI=1S/C10H13BrN2O2/c1-13(2)12-6-8-4-3-7(10(14)15)5-9(8)11/h3-5,12H,6H2,1-2H3,(H,14,15). The minimum atomic E-state index is -0.914. The molecule has 0 aliphatic carbocycles. The highest BCUT2D eigenvalue weighted by Crippen LogP contribution is 2.18. The van der Waals surface area contributed by atoms with Crippen LogP contribution >= 0.6 is 15.9 Å². The maximum Gasteiger partial charge on any atom is 0.335 e. The van der Waals surface area contributed by atoms with Crippen molar-refractivity contribution >= 4 is 21.9 Å². The summed E-state index contributed by atoms with van der Waals surface area (Å²) in [6, 6.07) is 5.00. The summed E-state index contributed by atoms with van der Waals surface area (Å²) in [6.07, 6.45) is 0. The van der Waals surface area contributed by atoms with Crippen molar-refractivity contribution in [3.63, 3.8) is 0 Å². The lowest BCUT2D eigenvalue weighted by atomic mass is 10.1. The number of hydrogen-bond acceptors (Lipinski definition) is 3. The summed E-state index contributed by atoms with van der Waals surface area (Å²) in [5.41, 5.74) is 4.42. The minimum absolute atomic E-state index is 0.287. The Morgan fingerprint density at radius 1 is 1.53 bits per heavy atom. The Morgan fingerprint density at radius 3 is 2.67 bits per heavy atom. The second-order valence-electron chi connectivity index (χ2n) is 3.34. The Labute approximate surface area is 97.0 Å². The number of hydrogen-bond donors (Lipinski definition) is 2. The molecule has 0 amide bonds. The number of hydrazine groups is 1. The van der Waals surface area contributed by atoms with Gasteiger partial charge in [-0.25, -0.2) is 4.79 Å². The molecule has 0 aliphatic heterocycles. The summed E-state index contributed by atoms with van der Waals surface area (Å²) in [5.74, 6) is -0.914. The first kappa shape index (κ1) is 12.2. The first-order chi connectivity index (χ1) is 7.00. The Balaban J connectivity index is 2.79. The number of carbonyl (C=O) groups is 1. The van der Waals surface area contributed by atoms with E-state index >= 15 is 0 Å². The molecule has 0 radical (unpaired) electrons. The SMILES string of the molecule is CN(C)NCc1ccc(C(=O)O)cc1Br. The predicted molar refractivity (Wildman–Crippen MR) is 61.6 cm³/mol. The molecular weight excluding hydrogens is 260 g/mol. The van der Waals surface area contributed by atoms with E-state index < -0.39 is 5.97 Å². The zero-order valence-corrected chi connectivity index (χ0v) is 10.2. The van der Waals surface area contributed by atoms with E-state index in [1.807, 2.05) is 19.1 Å². The number of carboxylic acids is 1. The number of benzene rings is 1. The van der Waals surface area contributed by atoms with Gasteiger partial charge in [0, 0.05) is 25.1 Å². The molecule has 1 aromatic rings. The third kappa shape index (κ3) is 3.62. The van der Waals surface area contributed by atoms with Gasteiger partial charge in [-0.2, -0.15) is 0 Å². The highest BCUT2D eigenvalue weighted by atomic mass is 79.9. The Bertz CT molecular complexity index is 366. The number of rotatable bonds is 4. The van der Waals surface area contributed by atoms with Gasteiger partial charge < -0.3 is 5.11 Å². The molecule has 0 bridgehead atoms. The van der Waals surface area contributed by atoms with Crippen LogP contribution in [0.4, 0.5) is 0 Å². The molecular formula is C10H13BrN2O2. The van der Waals surface area contributed by atoms with Crippen molar-refractivity contribution in [2.45, 2.75) is 6.54 Å². The van der Waals surface area contributed by atoms with E-state index in [2.05, 4.69) is 21.4 Å². The summed E-state index contributed by atoms with van der Waals surface area (Å²) in [5, 5.41) is 10.6. The molecule has 2 N–H and O–H groups in total. The van der Waals surface area contributed by atoms with Crippen LogP contribution in [-0.4, -0.2) is 30.2 Å². The molecule has 0 spiro atoms. The fourth-order valence-electron chi connectivity index (χ4n) is 1.07. The molecule has 1 rings (SSSR count). The molecule has 1 aromatic carbocycles. The normalized spacial score (nSPS) is 10.7. The molecule has 0 heterocycles. The molecule has 0 saturated carbocycles. The van der Waals surface area contributed by atoms with Crippen LogP contribution in [0, 0.1) is 0 Å². The molecule has 4 nitrogen and oxygen atoms in total. The average Bonchev–Trinajstić information content (AvgIpc) is 2.15. The number of nitrogens with one attached hydrogen (secondary N) is 1. The van der Waals surface area contributed by atoms with E-state index in [0.29, 0.717) is 6.54 Å². The topological polar surface area (TPSA) is 52.6 Å². The van der Waals surface area contributed by atoms with E-state index in [0.717, 1.165) is 10.0 Å². The van der Waals surface area contributed by atoms with E-state index in [1.54, 1.807) is 18.2 Å². The molecule has 0 unspecified atom stereocenters. The first-order valence-corrected chi connectivity index (χ1v) is 5.22. The van der Waals surface area contributed by atoms with Crippen molar-refractivity contribution in [2.75, 3.05) is 14.1 Å². The van der Waals surface area contributed by atoms with Crippen LogP contribution in [0.1, 0.15) is 15.9 Å². The summed E-state index contributed by atoms with van der Waals surface area (Å²) in [7, 11) is 3.80. The van der Waals surface area contributed by atoms with Gasteiger partial charge in [-0.3, -0.25) is 10.4 Å². The number of nitrogens with zero attached hydrogens (tertiary/aromatic N) is 1. The van der Waals surface area contributed by atoms with Crippen molar-refractivity contribution in [1.82, 2.24) is 10.4 Å². The van der Waals surface area contributed by atoms with Crippen LogP contribution in [-0.2, 0) is 6.54 Å². The van der Waals surface area contributed by atoms with Gasteiger partial charge in [0.05, 0.1) is 5.56 Å². The lowest BCUT2D eigenvalue weighted by molar-refractivity contribution is 0.0697. The van der Waals surface area contributed by atoms with Crippen LogP contribution in [0.25, 0.3) is 0 Å². The first-order valence-electron chi connectivity index (χ1n) is 4.43. The fourth-order valence-corrected chi connectivity index (χ4v) is 1.59. The van der Waals surface area contributed by atoms with E-state index in [4.69, 9.17) is 5.11 Å². The summed E-state index contributed by atoms with van der Waals surface area (Å²) in [6.45, 7) is 0.660. The molecule has 0 atom stereocenters. The second-order valence-corrected chi connectivity index (χ2v) is 4.19. The highest BCUT2D eigenvalue weighted by molar-refractivity contribution is 9.10. The lowest BCUT2D eigenvalue weighted by Crippen LogP contribution is -2.29. The van der Waals surface area contributed by atoms with E-state index in [9.17, 15) is 4.79 Å². The highest BCUT2D eigenvalue weighted by Gasteiger charge is 2.06. The number of halogens is 1. The van der Waals surface area contributed by atoms with Gasteiger partial charge in [-0.05, 0) is 17.7 Å². The maximum atomic E-state index is 10.7. The summed E-state index contributed by atoms with van der Waals surface area (Å²) >= 11 is 3.34. The van der Waals surface area contributed by atoms with Gasteiger partial charge in [0.25, 0.3) is 0 Å². The Hall–Kier alpha value is -0.910. The van der Waals surface area contributed by atoms with Crippen LogP contribution in [0.3, 0.4) is 0 Å². The van der Waals surface area contributed by atoms with E-state index in [-0.39, 0.29) is 5.56 Å². The molecule has 0 aromatic heterocycles. The lowest BCUT2D eigenvalue weighted by Gasteiger charge is -2.13. The largest absolute Gasteiger partial charge is 0.478 e. The Morgan fingerprint density at radius 2 is 2.20 bits per heavy atom. The molecule has 15 heavy (non-hydrogen) atoms. The average molecular weight is 273 g/mol. The van der Waals surface area contributed by atoms with Crippen molar-refractivity contribution in [3.8, 4) is 0 Å². The molecule has 0 fully saturated rings. The zero-order chi connectivity index (χ0) is 11.4. The maximum absolute atomic E-state index is 10.7. The van der Waals surface area contributed by atoms with Gasteiger partial charge in [0.15, 0.2) is 0 Å². The van der Waals surface area contributed by atoms with Gasteiger partial charge in [0.2, 0.25) is 0 Å². The van der Waals surface area contributed by atoms with Crippen molar-refractivity contribution < 1.29 is 9.90 Å². The molecule has 82 valence electrons. The van der Waals surface area contributed by atoms with Crippen LogP contribution in [0.2, 0.25) is 0 Å². The fraction of sp³-hybridized carbons (Fsp3) is 0.300. The molecule has 0 aliphatic rings. The smallest absolute Gasteiger partial charge is 0.335 e. The number of aromatic carboxylic acids is 1. The third-order valence-corrected chi connectivity index (χ3v) is 2.62. The van der Waals surface area contributed by atoms with Gasteiger partial charge in [0.1, 0.15) is 0 Å². The van der Waals surface area contributed by atoms with Crippen molar-refractivity contribution in [1.29, 1.82) is 0 Å². The Kier molecular flexibility index (Phi) is 4.26. The summed E-state index contributed by atoms with van der Waals surface area (Å²) < 4.78 is 0.803. The number of carboxylic acid groups (broad SMARTS) is 1. The monoisotopic (exact) mass is 272 g/mol. The quantitative estimate of drug-likeness (QED) is 0.820. The second kappa shape index (κ2) is 5.25.